The van der Waals surface area contributed by atoms with Gasteiger partial charge in [-0.2, -0.15) is 0 Å². The van der Waals surface area contributed by atoms with E-state index in [0.717, 1.165) is 5.57 Å². The fraction of sp³-hybridized carbons (Fsp3) is 0.815. The predicted octanol–water partition coefficient (Wildman–Crippen LogP) is 0.775. The third-order valence-electron chi connectivity index (χ3n) is 10.7. The first-order valence-corrected chi connectivity index (χ1v) is 13.3. The minimum Gasteiger partial charge on any atom is -0.462 e. The Morgan fingerprint density at radius 1 is 1.11 bits per heavy atom. The molecular formula is C27H38O10. The van der Waals surface area contributed by atoms with Crippen molar-refractivity contribution in [2.75, 3.05) is 13.2 Å². The topological polar surface area (TPSA) is 160 Å². The molecule has 10 heteroatoms. The summed E-state index contributed by atoms with van der Waals surface area (Å²) in [6, 6.07) is 0. The second-order valence-electron chi connectivity index (χ2n) is 12.2. The highest BCUT2D eigenvalue weighted by atomic mass is 16.6. The molecule has 0 aromatic carbocycles. The first kappa shape index (κ1) is 26.6. The maximum absolute atomic E-state index is 12.4. The molecule has 0 aromatic heterocycles. The summed E-state index contributed by atoms with van der Waals surface area (Å²) >= 11 is 0. The van der Waals surface area contributed by atoms with Gasteiger partial charge in [0.2, 0.25) is 0 Å². The first-order chi connectivity index (χ1) is 17.3. The van der Waals surface area contributed by atoms with Gasteiger partial charge in [0.05, 0.1) is 29.3 Å². The standard InChI is InChI=1S/C27H38O10/c1-14(29)36-17-9-21(31)26(13-28)23-19(4-6-25(26,33)10-17)27(34)7-5-18(16-8-22(32)35-12-16)24(27,3)11-20(23)37-15(2)30/h8,17-21,23,28,31,33-34H,4-7,9-13H2,1-3H3/t17-,18+,19+,20-,21-,23+,24+,25-,26+,27+/m0/s1. The molecule has 0 unspecified atom stereocenters. The second-order valence-corrected chi connectivity index (χ2v) is 12.2. The summed E-state index contributed by atoms with van der Waals surface area (Å²) in [5, 5.41) is 46.9. The molecule has 4 saturated carbocycles. The highest BCUT2D eigenvalue weighted by Gasteiger charge is 2.76. The van der Waals surface area contributed by atoms with Crippen LogP contribution in [0.25, 0.3) is 0 Å². The molecule has 0 amide bonds. The number of aliphatic hydroxyl groups excluding tert-OH is 2. The smallest absolute Gasteiger partial charge is 0.331 e. The highest BCUT2D eigenvalue weighted by Crippen LogP contribution is 2.71. The van der Waals surface area contributed by atoms with Crippen molar-refractivity contribution >= 4 is 17.9 Å². The fourth-order valence-electron chi connectivity index (χ4n) is 9.28. The van der Waals surface area contributed by atoms with Crippen molar-refractivity contribution in [3.63, 3.8) is 0 Å². The summed E-state index contributed by atoms with van der Waals surface area (Å²) in [6.45, 7) is 4.11. The zero-order valence-electron chi connectivity index (χ0n) is 21.6. The van der Waals surface area contributed by atoms with Crippen LogP contribution in [0.3, 0.4) is 0 Å². The molecule has 4 aliphatic carbocycles. The van der Waals surface area contributed by atoms with Crippen LogP contribution in [0.15, 0.2) is 11.6 Å². The van der Waals surface area contributed by atoms with Crippen LogP contribution in [0, 0.1) is 28.6 Å². The van der Waals surface area contributed by atoms with E-state index >= 15 is 0 Å². The Hall–Kier alpha value is -2.01. The van der Waals surface area contributed by atoms with E-state index in [1.54, 1.807) is 0 Å². The van der Waals surface area contributed by atoms with Crippen molar-refractivity contribution in [2.24, 2.45) is 28.6 Å². The van der Waals surface area contributed by atoms with E-state index in [0.29, 0.717) is 19.3 Å². The molecule has 0 aromatic rings. The van der Waals surface area contributed by atoms with Crippen LogP contribution in [0.2, 0.25) is 0 Å². The Morgan fingerprint density at radius 3 is 2.41 bits per heavy atom. The molecule has 0 radical (unpaired) electrons. The number of aliphatic hydroxyl groups is 4. The first-order valence-electron chi connectivity index (χ1n) is 13.3. The number of hydrogen-bond acceptors (Lipinski definition) is 10. The van der Waals surface area contributed by atoms with Gasteiger partial charge in [-0.25, -0.2) is 4.79 Å². The van der Waals surface area contributed by atoms with Gasteiger partial charge in [0.1, 0.15) is 18.8 Å². The van der Waals surface area contributed by atoms with Crippen molar-refractivity contribution < 1.29 is 49.0 Å². The number of carbonyl (C=O) groups is 3. The van der Waals surface area contributed by atoms with Crippen LogP contribution in [-0.2, 0) is 28.6 Å². The maximum Gasteiger partial charge on any atom is 0.331 e. The van der Waals surface area contributed by atoms with Gasteiger partial charge in [0.25, 0.3) is 0 Å². The molecule has 10 nitrogen and oxygen atoms in total. The van der Waals surface area contributed by atoms with Crippen LogP contribution in [0.4, 0.5) is 0 Å². The van der Waals surface area contributed by atoms with Crippen molar-refractivity contribution in [3.8, 4) is 0 Å². The average molecular weight is 523 g/mol. The third-order valence-corrected chi connectivity index (χ3v) is 10.7. The molecule has 4 N–H and O–H groups in total. The molecule has 10 atom stereocenters. The van der Waals surface area contributed by atoms with Gasteiger partial charge >= 0.3 is 17.9 Å². The van der Waals surface area contributed by atoms with Gasteiger partial charge in [0, 0.05) is 44.1 Å². The molecule has 0 saturated heterocycles. The summed E-state index contributed by atoms with van der Waals surface area (Å²) in [5.41, 5.74) is -4.29. The van der Waals surface area contributed by atoms with Crippen LogP contribution in [0.1, 0.15) is 65.7 Å². The van der Waals surface area contributed by atoms with E-state index in [1.165, 1.54) is 19.9 Å². The normalized spacial score (nSPS) is 48.7. The van der Waals surface area contributed by atoms with E-state index in [1.807, 2.05) is 6.92 Å². The largest absolute Gasteiger partial charge is 0.462 e. The zero-order chi connectivity index (χ0) is 27.0. The quantitative estimate of drug-likeness (QED) is 0.307. The van der Waals surface area contributed by atoms with Crippen molar-refractivity contribution in [2.45, 2.75) is 95.2 Å². The van der Waals surface area contributed by atoms with Crippen molar-refractivity contribution in [1.29, 1.82) is 0 Å². The van der Waals surface area contributed by atoms with Crippen molar-refractivity contribution in [1.82, 2.24) is 0 Å². The Morgan fingerprint density at radius 2 is 1.81 bits per heavy atom. The molecule has 1 heterocycles. The Bertz CT molecular complexity index is 1020. The number of hydrogen-bond donors (Lipinski definition) is 4. The lowest BCUT2D eigenvalue weighted by atomic mass is 9.40. The summed E-state index contributed by atoms with van der Waals surface area (Å²) in [4.78, 5) is 35.8. The van der Waals surface area contributed by atoms with E-state index < -0.39 is 76.7 Å². The zero-order valence-corrected chi connectivity index (χ0v) is 21.6. The lowest BCUT2D eigenvalue weighted by Gasteiger charge is -2.68. The number of carbonyl (C=O) groups excluding carboxylic acids is 3. The molecule has 37 heavy (non-hydrogen) atoms. The van der Waals surface area contributed by atoms with Crippen LogP contribution in [-0.4, -0.2) is 81.1 Å². The van der Waals surface area contributed by atoms with Gasteiger partial charge in [-0.1, -0.05) is 6.92 Å². The third kappa shape index (κ3) is 3.62. The second kappa shape index (κ2) is 8.76. The SMILES string of the molecule is CC(=O)O[C@H]1C[C@H](O)[C@]2(CO)[C@H]3[C@@H](OC(C)=O)C[C@]4(C)[C@@H](C5=CC(=O)OC5)CC[C@@]4(O)[C@@H]3CC[C@]2(O)C1. The van der Waals surface area contributed by atoms with Crippen LogP contribution in [0.5, 0.6) is 0 Å². The number of ether oxygens (including phenoxy) is 3. The van der Waals surface area contributed by atoms with E-state index in [2.05, 4.69) is 0 Å². The predicted molar refractivity (Wildman–Crippen MR) is 126 cm³/mol. The number of fused-ring (bicyclic) bond motifs is 5. The minimum absolute atomic E-state index is 0.0170. The molecule has 5 aliphatic rings. The van der Waals surface area contributed by atoms with Gasteiger partial charge in [-0.15, -0.1) is 0 Å². The maximum atomic E-state index is 12.4. The number of rotatable bonds is 4. The lowest BCUT2D eigenvalue weighted by molar-refractivity contribution is -0.318. The Labute approximate surface area is 216 Å². The summed E-state index contributed by atoms with van der Waals surface area (Å²) in [6.07, 6.45) is 0.567. The van der Waals surface area contributed by atoms with Crippen LogP contribution >= 0.6 is 0 Å². The molecule has 0 spiro atoms. The van der Waals surface area contributed by atoms with Gasteiger partial charge in [-0.3, -0.25) is 9.59 Å². The summed E-state index contributed by atoms with van der Waals surface area (Å²) < 4.78 is 16.4. The number of esters is 3. The fourth-order valence-corrected chi connectivity index (χ4v) is 9.28. The van der Waals surface area contributed by atoms with E-state index in [4.69, 9.17) is 14.2 Å². The minimum atomic E-state index is -1.60. The van der Waals surface area contributed by atoms with Crippen LogP contribution < -0.4 is 0 Å². The Balaban J connectivity index is 1.59. The molecule has 4 fully saturated rings. The molecule has 0 bridgehead atoms. The Kier molecular flexibility index (Phi) is 6.29. The average Bonchev–Trinajstić information content (AvgIpc) is 3.32. The lowest BCUT2D eigenvalue weighted by Crippen LogP contribution is -2.76. The van der Waals surface area contributed by atoms with Gasteiger partial charge < -0.3 is 34.6 Å². The number of cyclic esters (lactones) is 1. The van der Waals surface area contributed by atoms with Gasteiger partial charge in [-0.05, 0) is 49.5 Å². The van der Waals surface area contributed by atoms with E-state index in [-0.39, 0.29) is 38.2 Å². The summed E-state index contributed by atoms with van der Waals surface area (Å²) in [7, 11) is 0. The van der Waals surface area contributed by atoms with Gasteiger partial charge in [0.15, 0.2) is 0 Å². The van der Waals surface area contributed by atoms with Crippen molar-refractivity contribution in [3.05, 3.63) is 11.6 Å². The highest BCUT2D eigenvalue weighted by molar-refractivity contribution is 5.85. The monoisotopic (exact) mass is 522 g/mol. The molecule has 5 rings (SSSR count). The molecule has 1 aliphatic heterocycles. The molecular weight excluding hydrogens is 484 g/mol. The van der Waals surface area contributed by atoms with E-state index in [9.17, 15) is 34.8 Å². The summed E-state index contributed by atoms with van der Waals surface area (Å²) in [5.74, 6) is -2.86. The molecule has 206 valence electrons.